The quantitative estimate of drug-likeness (QED) is 0.0316. The van der Waals surface area contributed by atoms with E-state index in [0.29, 0.717) is 39.0 Å². The van der Waals surface area contributed by atoms with Crippen LogP contribution < -0.4 is 16.0 Å². The summed E-state index contributed by atoms with van der Waals surface area (Å²) in [6.45, 7) is 9.62. The van der Waals surface area contributed by atoms with Crippen molar-refractivity contribution in [3.05, 3.63) is 24.3 Å². The van der Waals surface area contributed by atoms with Crippen LogP contribution in [0.1, 0.15) is 476 Å². The van der Waals surface area contributed by atoms with Gasteiger partial charge in [0.1, 0.15) is 0 Å². The zero-order valence-corrected chi connectivity index (χ0v) is 68.1. The first kappa shape index (κ1) is 94.7. The third-order valence-corrected chi connectivity index (χ3v) is 22.7. The van der Waals surface area contributed by atoms with Crippen LogP contribution in [0.4, 0.5) is 0 Å². The first-order valence-electron chi connectivity index (χ1n) is 46.1. The topological polar surface area (TPSA) is 111 Å². The number of unbranched alkanes of at least 4 members (excludes halogenated alkanes) is 68. The van der Waals surface area contributed by atoms with Crippen molar-refractivity contribution in [2.45, 2.75) is 476 Å². The van der Waals surface area contributed by atoms with Crippen LogP contribution in [0.15, 0.2) is 24.3 Å². The van der Waals surface area contributed by atoms with E-state index < -0.39 is 0 Å². The Morgan fingerprint density at radius 3 is 0.574 bits per heavy atom. The average molecular weight is 1420 g/mol. The molecule has 101 heavy (non-hydrogen) atoms. The monoisotopic (exact) mass is 1410 g/mol. The van der Waals surface area contributed by atoms with Crippen LogP contribution in [0.3, 0.4) is 0 Å². The summed E-state index contributed by atoms with van der Waals surface area (Å²) in [5.41, 5.74) is 0. The number of carbonyl (C=O) groups excluding carboxylic acids is 4. The van der Waals surface area contributed by atoms with Crippen molar-refractivity contribution in [3.8, 4) is 0 Å². The molecular weight excluding hydrogens is 1240 g/mol. The molecular formula is C92H175N5O4. The summed E-state index contributed by atoms with van der Waals surface area (Å²) in [4.78, 5) is 54.3. The molecule has 592 valence electrons. The van der Waals surface area contributed by atoms with Crippen LogP contribution in [0, 0.1) is 11.8 Å². The number of carbonyl (C=O) groups is 4. The lowest BCUT2D eigenvalue weighted by molar-refractivity contribution is -0.140. The van der Waals surface area contributed by atoms with E-state index in [1.165, 1.54) is 434 Å². The van der Waals surface area contributed by atoms with Gasteiger partial charge in [-0.3, -0.25) is 29.0 Å². The largest absolute Gasteiger partial charge is 0.314 e. The molecule has 0 aromatic carbocycles. The lowest BCUT2D eigenvalue weighted by Gasteiger charge is -2.15. The first-order chi connectivity index (χ1) is 50.0. The summed E-state index contributed by atoms with van der Waals surface area (Å²) >= 11 is 0. The molecule has 0 spiro atoms. The van der Waals surface area contributed by atoms with E-state index in [0.717, 1.165) is 51.9 Å². The molecule has 0 aliphatic carbocycles. The highest BCUT2D eigenvalue weighted by molar-refractivity contribution is 6.05. The normalized spacial score (nSPS) is 15.1. The molecule has 4 amide bonds. The summed E-state index contributed by atoms with van der Waals surface area (Å²) < 4.78 is 0. The SMILES string of the molecule is CCCCCCCCCCCCCCCCCCCCCCCCCCCCCCCCCCCC/C=C/C1CC(=O)N(CCNCCNCCNCCN2C(=O)CC(/C=C/CCCCCCCCCCCCCCCCCCCCCCCCCCCCCCCCCCCC)C2=O)C1=O. The van der Waals surface area contributed by atoms with E-state index in [-0.39, 0.29) is 35.5 Å². The molecule has 0 bridgehead atoms. The van der Waals surface area contributed by atoms with Gasteiger partial charge in [0, 0.05) is 65.2 Å². The van der Waals surface area contributed by atoms with Gasteiger partial charge in [0.15, 0.2) is 0 Å². The van der Waals surface area contributed by atoms with Crippen molar-refractivity contribution in [2.24, 2.45) is 11.8 Å². The molecule has 2 rings (SSSR count). The Labute approximate surface area is 629 Å². The zero-order chi connectivity index (χ0) is 72.1. The van der Waals surface area contributed by atoms with Crippen molar-refractivity contribution in [1.82, 2.24) is 25.8 Å². The fraction of sp³-hybridized carbons (Fsp3) is 0.913. The minimum Gasteiger partial charge on any atom is -0.314 e. The summed E-state index contributed by atoms with van der Waals surface area (Å²) in [6.07, 6.45) is 108. The Morgan fingerprint density at radius 1 is 0.238 bits per heavy atom. The highest BCUT2D eigenvalue weighted by atomic mass is 16.2. The Hall–Kier alpha value is -2.36. The predicted octanol–water partition coefficient (Wildman–Crippen LogP) is 27.0. The number of likely N-dealkylation sites (tertiary alicyclic amines) is 2. The number of rotatable bonds is 84. The lowest BCUT2D eigenvalue weighted by atomic mass is 10.0. The van der Waals surface area contributed by atoms with Gasteiger partial charge in [-0.2, -0.15) is 0 Å². The molecule has 2 heterocycles. The first-order valence-corrected chi connectivity index (χ1v) is 46.1. The molecule has 2 atom stereocenters. The second-order valence-electron chi connectivity index (χ2n) is 32.4. The van der Waals surface area contributed by atoms with E-state index >= 15 is 0 Å². The Bertz CT molecular complexity index is 1710. The standard InChI is InChI=1S/C92H175N5O4/c1-3-5-7-9-11-13-15-17-19-21-23-25-27-29-31-33-35-37-39-41-43-45-47-49-51-53-55-57-59-61-63-65-67-69-71-73-75-87-85-89(98)96(91(87)100)83-81-94-79-77-93-78-80-95-82-84-97-90(99)86-88(92(97)101)76-74-72-70-68-66-64-62-60-58-56-54-52-50-48-46-44-42-40-38-36-34-32-30-28-26-24-22-20-18-16-14-12-10-8-6-4-2/h73-76,87-88,93-95H,3-72,77-86H2,1-2H3/b75-73+,76-74+. The van der Waals surface area contributed by atoms with Gasteiger partial charge in [0.05, 0.1) is 11.8 Å². The summed E-state index contributed by atoms with van der Waals surface area (Å²) in [5, 5.41) is 10.1. The molecule has 0 aromatic heterocycles. The molecule has 2 unspecified atom stereocenters. The van der Waals surface area contributed by atoms with Crippen LogP contribution in [-0.2, 0) is 19.2 Å². The molecule has 2 saturated heterocycles. The lowest BCUT2D eigenvalue weighted by Crippen LogP contribution is -2.40. The number of hydrogen-bond acceptors (Lipinski definition) is 7. The Kier molecular flexibility index (Phi) is 72.5. The zero-order valence-electron chi connectivity index (χ0n) is 68.1. The van der Waals surface area contributed by atoms with Gasteiger partial charge in [-0.25, -0.2) is 0 Å². The molecule has 9 nitrogen and oxygen atoms in total. The number of allylic oxidation sites excluding steroid dienone is 2. The molecule has 3 N–H and O–H groups in total. The maximum Gasteiger partial charge on any atom is 0.236 e. The third kappa shape index (κ3) is 62.4. The van der Waals surface area contributed by atoms with Crippen molar-refractivity contribution in [2.75, 3.05) is 52.4 Å². The van der Waals surface area contributed by atoms with Gasteiger partial charge in [0.25, 0.3) is 0 Å². The van der Waals surface area contributed by atoms with E-state index in [2.05, 4.69) is 41.9 Å². The molecule has 0 aromatic rings. The van der Waals surface area contributed by atoms with E-state index in [1.54, 1.807) is 0 Å². The van der Waals surface area contributed by atoms with E-state index in [4.69, 9.17) is 0 Å². The summed E-state index contributed by atoms with van der Waals surface area (Å²) in [6, 6.07) is 0. The van der Waals surface area contributed by atoms with Crippen molar-refractivity contribution >= 4 is 23.6 Å². The highest BCUT2D eigenvalue weighted by Crippen LogP contribution is 2.25. The fourth-order valence-electron chi connectivity index (χ4n) is 15.8. The number of hydrogen-bond donors (Lipinski definition) is 3. The van der Waals surface area contributed by atoms with Crippen molar-refractivity contribution in [3.63, 3.8) is 0 Å². The Balaban J connectivity index is 1.25. The highest BCUT2D eigenvalue weighted by Gasteiger charge is 2.37. The van der Waals surface area contributed by atoms with Gasteiger partial charge in [-0.15, -0.1) is 0 Å². The van der Waals surface area contributed by atoms with Crippen LogP contribution in [0.2, 0.25) is 0 Å². The molecule has 0 saturated carbocycles. The molecule has 0 radical (unpaired) electrons. The predicted molar refractivity (Wildman–Crippen MR) is 441 cm³/mol. The van der Waals surface area contributed by atoms with Crippen molar-refractivity contribution < 1.29 is 19.2 Å². The van der Waals surface area contributed by atoms with Gasteiger partial charge in [0.2, 0.25) is 23.6 Å². The summed E-state index contributed by atoms with van der Waals surface area (Å²) in [5.74, 6) is -0.850. The van der Waals surface area contributed by atoms with Crippen LogP contribution >= 0.6 is 0 Å². The van der Waals surface area contributed by atoms with Gasteiger partial charge >= 0.3 is 0 Å². The number of imide groups is 2. The Morgan fingerprint density at radius 2 is 0.396 bits per heavy atom. The maximum atomic E-state index is 13.0. The van der Waals surface area contributed by atoms with Crippen LogP contribution in [-0.4, -0.2) is 85.8 Å². The second-order valence-corrected chi connectivity index (χ2v) is 32.4. The number of nitrogens with zero attached hydrogens (tertiary/aromatic N) is 2. The van der Waals surface area contributed by atoms with Crippen molar-refractivity contribution in [1.29, 1.82) is 0 Å². The minimum atomic E-state index is -0.309. The smallest absolute Gasteiger partial charge is 0.236 e. The summed E-state index contributed by atoms with van der Waals surface area (Å²) in [7, 11) is 0. The number of amides is 4. The molecule has 9 heteroatoms. The van der Waals surface area contributed by atoms with Gasteiger partial charge in [-0.05, 0) is 25.7 Å². The molecule has 2 aliphatic heterocycles. The molecule has 2 fully saturated rings. The van der Waals surface area contributed by atoms with Crippen LogP contribution in [0.25, 0.3) is 0 Å². The van der Waals surface area contributed by atoms with Crippen LogP contribution in [0.5, 0.6) is 0 Å². The number of nitrogens with one attached hydrogen (secondary N) is 3. The van der Waals surface area contributed by atoms with E-state index in [9.17, 15) is 19.2 Å². The fourth-order valence-corrected chi connectivity index (χ4v) is 15.8. The maximum absolute atomic E-state index is 13.0. The van der Waals surface area contributed by atoms with Gasteiger partial charge in [-0.1, -0.05) is 462 Å². The third-order valence-electron chi connectivity index (χ3n) is 22.7. The second kappa shape index (κ2) is 77.3. The average Bonchev–Trinajstić information content (AvgIpc) is 1.72. The molecule has 2 aliphatic rings. The van der Waals surface area contributed by atoms with Gasteiger partial charge < -0.3 is 16.0 Å². The van der Waals surface area contributed by atoms with E-state index in [1.807, 2.05) is 12.2 Å². The minimum absolute atomic E-state index is 0.0551.